The van der Waals surface area contributed by atoms with Crippen molar-refractivity contribution >= 4 is 30.7 Å². The third-order valence-corrected chi connectivity index (χ3v) is 4.22. The van der Waals surface area contributed by atoms with E-state index >= 15 is 0 Å². The summed E-state index contributed by atoms with van der Waals surface area (Å²) in [6.45, 7) is 4.65. The van der Waals surface area contributed by atoms with Crippen LogP contribution in [-0.4, -0.2) is 32.5 Å². The lowest BCUT2D eigenvalue weighted by molar-refractivity contribution is 0.199. The molecule has 0 saturated carbocycles. The van der Waals surface area contributed by atoms with Gasteiger partial charge in [0.15, 0.2) is 5.66 Å². The minimum Gasteiger partial charge on any atom is -0.383 e. The average Bonchev–Trinajstić information content (AvgIpc) is 2.10. The molecule has 0 heterocycles. The van der Waals surface area contributed by atoms with Gasteiger partial charge in [0.05, 0.1) is 6.61 Å². The number of rotatable bonds is 6. The van der Waals surface area contributed by atoms with Crippen molar-refractivity contribution < 1.29 is 4.74 Å². The molecule has 0 spiro atoms. The second-order valence-electron chi connectivity index (χ2n) is 2.50. The molecule has 2 unspecified atom stereocenters. The molecule has 12 heavy (non-hydrogen) atoms. The molecule has 0 amide bonds. The maximum Gasteiger partial charge on any atom is 0.304 e. The van der Waals surface area contributed by atoms with E-state index in [0.29, 0.717) is 5.66 Å². The molecule has 0 radical (unpaired) electrons. The lowest BCUT2D eigenvalue weighted by Gasteiger charge is -2.03. The number of nitrogens with zero attached hydrogens (tertiary/aromatic N) is 1. The largest absolute Gasteiger partial charge is 0.383 e. The van der Waals surface area contributed by atoms with E-state index in [4.69, 9.17) is 10.2 Å². The highest BCUT2D eigenvalue weighted by molar-refractivity contribution is 14.1. The van der Waals surface area contributed by atoms with Gasteiger partial charge in [-0.2, -0.15) is 0 Å². The predicted octanol–water partition coefficient (Wildman–Crippen LogP) is 1.50. The van der Waals surface area contributed by atoms with Crippen molar-refractivity contribution in [3.05, 3.63) is 0 Å². The molecular formula is C6H16IN3OP+. The molecule has 0 aromatic rings. The molecule has 0 aromatic heterocycles. The predicted molar refractivity (Wildman–Crippen MR) is 61.8 cm³/mol. The standard InChI is InChI=1S/C6H16IN3OP/c1-6(12(8)10-7)5-9-3-4-11-2/h6,9H,3-5H2,1-2H3,(H2,8,10)/q+1. The van der Waals surface area contributed by atoms with E-state index in [1.807, 2.05) is 22.9 Å². The Bertz CT molecular complexity index is 145. The monoisotopic (exact) mass is 304 g/mol. The highest BCUT2D eigenvalue weighted by Gasteiger charge is 2.16. The van der Waals surface area contributed by atoms with Crippen molar-refractivity contribution in [3.63, 3.8) is 0 Å². The van der Waals surface area contributed by atoms with E-state index in [9.17, 15) is 0 Å². The third-order valence-electron chi connectivity index (χ3n) is 1.46. The molecule has 0 aliphatic carbocycles. The van der Waals surface area contributed by atoms with Crippen LogP contribution in [0.2, 0.25) is 0 Å². The smallest absolute Gasteiger partial charge is 0.304 e. The van der Waals surface area contributed by atoms with Crippen LogP contribution < -0.4 is 10.8 Å². The van der Waals surface area contributed by atoms with Gasteiger partial charge >= 0.3 is 7.86 Å². The molecule has 3 N–H and O–H groups in total. The van der Waals surface area contributed by atoms with Gasteiger partial charge in [-0.1, -0.05) is 0 Å². The Kier molecular flexibility index (Phi) is 8.81. The maximum absolute atomic E-state index is 5.75. The van der Waals surface area contributed by atoms with Crippen molar-refractivity contribution in [1.29, 1.82) is 0 Å². The van der Waals surface area contributed by atoms with Crippen molar-refractivity contribution in [2.75, 3.05) is 26.8 Å². The van der Waals surface area contributed by atoms with Crippen LogP contribution in [0.5, 0.6) is 0 Å². The zero-order valence-electron chi connectivity index (χ0n) is 7.46. The van der Waals surface area contributed by atoms with E-state index in [1.165, 1.54) is 0 Å². The van der Waals surface area contributed by atoms with E-state index in [-0.39, 0.29) is 0 Å². The van der Waals surface area contributed by atoms with E-state index in [0.717, 1.165) is 19.7 Å². The first kappa shape index (κ1) is 12.7. The van der Waals surface area contributed by atoms with Crippen molar-refractivity contribution in [2.45, 2.75) is 12.6 Å². The van der Waals surface area contributed by atoms with E-state index < -0.39 is 7.86 Å². The van der Waals surface area contributed by atoms with Crippen LogP contribution in [0, 0.1) is 0 Å². The summed E-state index contributed by atoms with van der Waals surface area (Å²) in [6, 6.07) is 0. The van der Waals surface area contributed by atoms with E-state index in [2.05, 4.69) is 15.2 Å². The Morgan fingerprint density at radius 2 is 2.42 bits per heavy atom. The van der Waals surface area contributed by atoms with Crippen LogP contribution in [0.3, 0.4) is 0 Å². The lowest BCUT2D eigenvalue weighted by Crippen LogP contribution is -2.26. The Hall–Kier alpha value is 0.710. The first-order valence-corrected chi connectivity index (χ1v) is 6.17. The summed E-state index contributed by atoms with van der Waals surface area (Å²) in [4.78, 5) is 0. The second kappa shape index (κ2) is 8.31. The molecule has 4 nitrogen and oxygen atoms in total. The average molecular weight is 304 g/mol. The number of nitrogens with two attached hydrogens (primary N) is 1. The van der Waals surface area contributed by atoms with Crippen LogP contribution in [-0.2, 0) is 4.74 Å². The number of hydrogen-bond acceptors (Lipinski definition) is 3. The zero-order chi connectivity index (χ0) is 9.40. The molecule has 72 valence electrons. The summed E-state index contributed by atoms with van der Waals surface area (Å²) in [7, 11) is 1.04. The fourth-order valence-electron chi connectivity index (χ4n) is 0.653. The minimum absolute atomic E-state index is 0.439. The first-order valence-electron chi connectivity index (χ1n) is 3.78. The molecule has 0 aliphatic heterocycles. The number of hydrogen-bond donors (Lipinski definition) is 2. The Morgan fingerprint density at radius 3 is 2.92 bits per heavy atom. The molecular weight excluding hydrogens is 288 g/mol. The van der Waals surface area contributed by atoms with Gasteiger partial charge in [-0.25, -0.2) is 0 Å². The third kappa shape index (κ3) is 6.25. The van der Waals surface area contributed by atoms with Crippen LogP contribution in [0.15, 0.2) is 2.96 Å². The van der Waals surface area contributed by atoms with Gasteiger partial charge in [-0.3, -0.25) is 0 Å². The summed E-state index contributed by atoms with van der Waals surface area (Å²) < 4.78 is 8.93. The van der Waals surface area contributed by atoms with Gasteiger partial charge in [-0.15, -0.1) is 5.50 Å². The normalized spacial score (nSPS) is 14.8. The maximum atomic E-state index is 5.75. The molecule has 6 heteroatoms. The summed E-state index contributed by atoms with van der Waals surface area (Å²) in [5.74, 6) is 0. The number of halogens is 1. The second-order valence-corrected chi connectivity index (χ2v) is 5.59. The topological polar surface area (TPSA) is 59.6 Å². The first-order chi connectivity index (χ1) is 5.72. The van der Waals surface area contributed by atoms with E-state index in [1.54, 1.807) is 7.11 Å². The summed E-state index contributed by atoms with van der Waals surface area (Å²) in [6.07, 6.45) is 0. The molecule has 2 atom stereocenters. The summed E-state index contributed by atoms with van der Waals surface area (Å²) in [5.41, 5.74) is 6.19. The van der Waals surface area contributed by atoms with Gasteiger partial charge in [0.1, 0.15) is 22.9 Å². The van der Waals surface area contributed by atoms with Crippen LogP contribution in [0.25, 0.3) is 0 Å². The number of methoxy groups -OCH3 is 1. The van der Waals surface area contributed by atoms with Crippen molar-refractivity contribution in [3.8, 4) is 0 Å². The van der Waals surface area contributed by atoms with Crippen molar-refractivity contribution in [1.82, 2.24) is 5.32 Å². The lowest BCUT2D eigenvalue weighted by atomic mass is 10.4. The van der Waals surface area contributed by atoms with Gasteiger partial charge in [-0.05, 0) is 9.88 Å². The molecule has 0 bridgehead atoms. The molecule has 0 fully saturated rings. The molecule has 0 saturated heterocycles. The fourth-order valence-corrected chi connectivity index (χ4v) is 2.39. The highest BCUT2D eigenvalue weighted by atomic mass is 127. The van der Waals surface area contributed by atoms with Crippen LogP contribution in [0.1, 0.15) is 6.92 Å². The van der Waals surface area contributed by atoms with Gasteiger partial charge in [0.2, 0.25) is 0 Å². The van der Waals surface area contributed by atoms with Crippen LogP contribution >= 0.6 is 30.7 Å². The SMILES string of the molecule is COCCNCC(C)[P+](N)=NI. The Labute approximate surface area is 88.6 Å². The number of ether oxygens (including phenoxy) is 1. The Morgan fingerprint density at radius 1 is 1.75 bits per heavy atom. The quantitative estimate of drug-likeness (QED) is 0.444. The van der Waals surface area contributed by atoms with Gasteiger partial charge in [0, 0.05) is 20.2 Å². The number of nitrogens with one attached hydrogen (secondary N) is 1. The summed E-state index contributed by atoms with van der Waals surface area (Å²) >= 11 is 1.97. The van der Waals surface area contributed by atoms with Gasteiger partial charge < -0.3 is 10.1 Å². The molecule has 0 rings (SSSR count). The summed E-state index contributed by atoms with van der Waals surface area (Å²) in [5, 5.41) is 3.25. The fraction of sp³-hybridized carbons (Fsp3) is 1.00. The van der Waals surface area contributed by atoms with Crippen LogP contribution in [0.4, 0.5) is 0 Å². The van der Waals surface area contributed by atoms with Gasteiger partial charge in [0.25, 0.3) is 0 Å². The zero-order valence-corrected chi connectivity index (χ0v) is 10.5. The minimum atomic E-state index is -0.652. The Balaban J connectivity index is 3.37. The molecule has 0 aliphatic rings. The molecule has 0 aromatic carbocycles. The van der Waals surface area contributed by atoms with Crippen molar-refractivity contribution in [2.24, 2.45) is 8.46 Å². The highest BCUT2D eigenvalue weighted by Crippen LogP contribution is 2.24.